The molecule has 0 aromatic carbocycles. The molecule has 4 heteroatoms. The molecule has 1 amide bonds. The van der Waals surface area contributed by atoms with Crippen LogP contribution < -0.4 is 10.6 Å². The highest BCUT2D eigenvalue weighted by Gasteiger charge is 2.22. The Kier molecular flexibility index (Phi) is 4.94. The molecule has 0 atom stereocenters. The van der Waals surface area contributed by atoms with Gasteiger partial charge in [0, 0.05) is 12.5 Å². The number of hydrogen-bond donors (Lipinski definition) is 1. The lowest BCUT2D eigenvalue weighted by molar-refractivity contribution is -0.122. The zero-order valence-corrected chi connectivity index (χ0v) is 10.8. The van der Waals surface area contributed by atoms with Gasteiger partial charge in [0.05, 0.1) is 11.9 Å². The number of pyridine rings is 1. The molecule has 0 saturated carbocycles. The average Bonchev–Trinajstić information content (AvgIpc) is 2.34. The van der Waals surface area contributed by atoms with Gasteiger partial charge in [-0.3, -0.25) is 9.69 Å². The number of rotatable bonds is 5. The van der Waals surface area contributed by atoms with Crippen molar-refractivity contribution in [1.82, 2.24) is 4.98 Å². The van der Waals surface area contributed by atoms with E-state index < -0.39 is 0 Å². The van der Waals surface area contributed by atoms with Crippen LogP contribution in [0.25, 0.3) is 0 Å². The molecule has 1 heterocycles. The number of nitrogen functional groups attached to an aromatic ring is 1. The fourth-order valence-electron chi connectivity index (χ4n) is 1.85. The minimum atomic E-state index is 0.0781. The molecule has 4 nitrogen and oxygen atoms in total. The van der Waals surface area contributed by atoms with Gasteiger partial charge in [0.25, 0.3) is 0 Å². The Labute approximate surface area is 103 Å². The lowest BCUT2D eigenvalue weighted by Crippen LogP contribution is -2.36. The molecule has 0 spiro atoms. The monoisotopic (exact) mass is 235 g/mol. The van der Waals surface area contributed by atoms with Crippen LogP contribution in [0.3, 0.4) is 0 Å². The molecular weight excluding hydrogens is 214 g/mol. The standard InChI is InChI=1S/C13H21N3O/c1-4-10(5-2)13(17)16(6-3)12-8-7-11(14)9-15-12/h7-10H,4-6,14H2,1-3H3. The molecule has 0 aliphatic heterocycles. The van der Waals surface area contributed by atoms with Gasteiger partial charge >= 0.3 is 0 Å². The molecule has 1 aromatic rings. The number of nitrogens with two attached hydrogens (primary N) is 1. The van der Waals surface area contributed by atoms with Crippen molar-refractivity contribution in [2.24, 2.45) is 5.92 Å². The van der Waals surface area contributed by atoms with Crippen LogP contribution >= 0.6 is 0 Å². The second-order valence-corrected chi connectivity index (χ2v) is 4.05. The van der Waals surface area contributed by atoms with E-state index in [2.05, 4.69) is 4.98 Å². The van der Waals surface area contributed by atoms with Crippen molar-refractivity contribution in [1.29, 1.82) is 0 Å². The largest absolute Gasteiger partial charge is 0.397 e. The predicted molar refractivity (Wildman–Crippen MR) is 70.7 cm³/mol. The van der Waals surface area contributed by atoms with Crippen LogP contribution in [0.1, 0.15) is 33.6 Å². The molecule has 1 rings (SSSR count). The van der Waals surface area contributed by atoms with Gasteiger partial charge in [0.15, 0.2) is 0 Å². The number of carbonyl (C=O) groups excluding carboxylic acids is 1. The number of nitrogens with zero attached hydrogens (tertiary/aromatic N) is 2. The van der Waals surface area contributed by atoms with Crippen LogP contribution in [0.15, 0.2) is 18.3 Å². The zero-order chi connectivity index (χ0) is 12.8. The van der Waals surface area contributed by atoms with Gasteiger partial charge < -0.3 is 5.73 Å². The Morgan fingerprint density at radius 3 is 2.41 bits per heavy atom. The van der Waals surface area contributed by atoms with Crippen molar-refractivity contribution >= 4 is 17.4 Å². The maximum atomic E-state index is 12.3. The van der Waals surface area contributed by atoms with E-state index in [-0.39, 0.29) is 11.8 Å². The first kappa shape index (κ1) is 13.5. The predicted octanol–water partition coefficient (Wildman–Crippen LogP) is 2.45. The summed E-state index contributed by atoms with van der Waals surface area (Å²) in [5, 5.41) is 0. The van der Waals surface area contributed by atoms with Crippen LogP contribution in [-0.2, 0) is 4.79 Å². The maximum absolute atomic E-state index is 12.3. The van der Waals surface area contributed by atoms with Crippen LogP contribution in [0.5, 0.6) is 0 Å². The van der Waals surface area contributed by atoms with Gasteiger partial charge in [-0.15, -0.1) is 0 Å². The molecule has 2 N–H and O–H groups in total. The summed E-state index contributed by atoms with van der Waals surface area (Å²) < 4.78 is 0. The van der Waals surface area contributed by atoms with Crippen molar-refractivity contribution < 1.29 is 4.79 Å². The molecule has 0 aliphatic rings. The highest BCUT2D eigenvalue weighted by atomic mass is 16.2. The van der Waals surface area contributed by atoms with Crippen LogP contribution in [-0.4, -0.2) is 17.4 Å². The highest BCUT2D eigenvalue weighted by molar-refractivity contribution is 5.94. The zero-order valence-electron chi connectivity index (χ0n) is 10.8. The van der Waals surface area contributed by atoms with Gasteiger partial charge in [0.1, 0.15) is 5.82 Å². The molecule has 0 saturated heterocycles. The van der Waals surface area contributed by atoms with Gasteiger partial charge in [-0.2, -0.15) is 0 Å². The molecule has 0 bridgehead atoms. The minimum absolute atomic E-state index is 0.0781. The molecule has 0 unspecified atom stereocenters. The number of aromatic nitrogens is 1. The summed E-state index contributed by atoms with van der Waals surface area (Å²) in [6.45, 7) is 6.66. The van der Waals surface area contributed by atoms with Gasteiger partial charge in [-0.05, 0) is 31.9 Å². The quantitative estimate of drug-likeness (QED) is 0.852. The molecule has 0 aliphatic carbocycles. The second kappa shape index (κ2) is 6.23. The average molecular weight is 235 g/mol. The normalized spacial score (nSPS) is 10.6. The Morgan fingerprint density at radius 1 is 1.35 bits per heavy atom. The number of amides is 1. The van der Waals surface area contributed by atoms with E-state index in [1.54, 1.807) is 23.2 Å². The van der Waals surface area contributed by atoms with Crippen molar-refractivity contribution in [3.63, 3.8) is 0 Å². The fraction of sp³-hybridized carbons (Fsp3) is 0.538. The molecule has 1 aromatic heterocycles. The summed E-state index contributed by atoms with van der Waals surface area (Å²) in [6, 6.07) is 3.56. The molecule has 0 fully saturated rings. The highest BCUT2D eigenvalue weighted by Crippen LogP contribution is 2.18. The van der Waals surface area contributed by atoms with Gasteiger partial charge in [-0.25, -0.2) is 4.98 Å². The summed E-state index contributed by atoms with van der Waals surface area (Å²) in [4.78, 5) is 18.2. The number of hydrogen-bond acceptors (Lipinski definition) is 3. The topological polar surface area (TPSA) is 59.2 Å². The van der Waals surface area contributed by atoms with Gasteiger partial charge in [0.2, 0.25) is 5.91 Å². The molecule has 17 heavy (non-hydrogen) atoms. The van der Waals surface area contributed by atoms with E-state index in [0.717, 1.165) is 12.8 Å². The van der Waals surface area contributed by atoms with Crippen molar-refractivity contribution in [3.05, 3.63) is 18.3 Å². The summed E-state index contributed by atoms with van der Waals surface area (Å²) in [5.41, 5.74) is 6.20. The first-order valence-corrected chi connectivity index (χ1v) is 6.16. The van der Waals surface area contributed by atoms with Crippen LogP contribution in [0.4, 0.5) is 11.5 Å². The second-order valence-electron chi connectivity index (χ2n) is 4.05. The van der Waals surface area contributed by atoms with Gasteiger partial charge in [-0.1, -0.05) is 13.8 Å². The van der Waals surface area contributed by atoms with Crippen molar-refractivity contribution in [2.45, 2.75) is 33.6 Å². The summed E-state index contributed by atoms with van der Waals surface area (Å²) in [6.07, 6.45) is 3.31. The Hall–Kier alpha value is -1.58. The van der Waals surface area contributed by atoms with E-state index in [1.165, 1.54) is 0 Å². The Morgan fingerprint density at radius 2 is 2.00 bits per heavy atom. The van der Waals surface area contributed by atoms with E-state index in [9.17, 15) is 4.79 Å². The molecule has 0 radical (unpaired) electrons. The first-order valence-electron chi connectivity index (χ1n) is 6.16. The van der Waals surface area contributed by atoms with E-state index in [4.69, 9.17) is 5.73 Å². The third-order valence-corrected chi connectivity index (χ3v) is 2.96. The van der Waals surface area contributed by atoms with E-state index >= 15 is 0 Å². The van der Waals surface area contributed by atoms with E-state index in [1.807, 2.05) is 20.8 Å². The lowest BCUT2D eigenvalue weighted by atomic mass is 10.0. The third kappa shape index (κ3) is 3.19. The Balaban J connectivity index is 2.91. The summed E-state index contributed by atoms with van der Waals surface area (Å²) in [5.74, 6) is 0.905. The summed E-state index contributed by atoms with van der Waals surface area (Å²) in [7, 11) is 0. The van der Waals surface area contributed by atoms with Crippen LogP contribution in [0, 0.1) is 5.92 Å². The van der Waals surface area contributed by atoms with Crippen molar-refractivity contribution in [3.8, 4) is 0 Å². The maximum Gasteiger partial charge on any atom is 0.231 e. The molecule has 94 valence electrons. The SMILES string of the molecule is CCC(CC)C(=O)N(CC)c1ccc(N)cn1. The lowest BCUT2D eigenvalue weighted by Gasteiger charge is -2.24. The smallest absolute Gasteiger partial charge is 0.231 e. The minimum Gasteiger partial charge on any atom is -0.397 e. The fourth-order valence-corrected chi connectivity index (χ4v) is 1.85. The number of anilines is 2. The van der Waals surface area contributed by atoms with Crippen molar-refractivity contribution in [2.75, 3.05) is 17.2 Å². The van der Waals surface area contributed by atoms with E-state index in [0.29, 0.717) is 18.1 Å². The number of carbonyl (C=O) groups is 1. The third-order valence-electron chi connectivity index (χ3n) is 2.96. The summed E-state index contributed by atoms with van der Waals surface area (Å²) >= 11 is 0. The first-order chi connectivity index (χ1) is 8.13. The van der Waals surface area contributed by atoms with Crippen LogP contribution in [0.2, 0.25) is 0 Å². The Bertz CT molecular complexity index is 357. The molecular formula is C13H21N3O.